The number of nitrogens with zero attached hydrogens (tertiary/aromatic N) is 1. The third-order valence-electron chi connectivity index (χ3n) is 4.48. The molecule has 3 aromatic carbocycles. The number of rotatable bonds is 6. The Bertz CT molecular complexity index is 1180. The van der Waals surface area contributed by atoms with Crippen molar-refractivity contribution >= 4 is 58.2 Å². The Morgan fingerprint density at radius 3 is 2.19 bits per heavy atom. The maximum Gasteiger partial charge on any atom is 0.283 e. The fourth-order valence-corrected chi connectivity index (χ4v) is 4.57. The highest BCUT2D eigenvalue weighted by atomic mass is 35.5. The Morgan fingerprint density at radius 1 is 0.871 bits per heavy atom. The maximum atomic E-state index is 13.4. The van der Waals surface area contributed by atoms with Crippen LogP contribution in [0.2, 0.25) is 10.0 Å². The van der Waals surface area contributed by atoms with Crippen LogP contribution in [0.1, 0.15) is 0 Å². The summed E-state index contributed by atoms with van der Waals surface area (Å²) in [4.78, 5) is 28.9. The van der Waals surface area contributed by atoms with Crippen molar-refractivity contribution in [2.24, 2.45) is 0 Å². The molecule has 2 amide bonds. The van der Waals surface area contributed by atoms with Gasteiger partial charge < -0.3 is 10.1 Å². The molecule has 0 bridgehead atoms. The quantitative estimate of drug-likeness (QED) is 0.448. The lowest BCUT2D eigenvalue weighted by atomic mass is 10.2. The van der Waals surface area contributed by atoms with Gasteiger partial charge in [0.2, 0.25) is 0 Å². The zero-order valence-electron chi connectivity index (χ0n) is 16.3. The molecule has 4 rings (SSSR count). The topological polar surface area (TPSA) is 58.6 Å². The second-order valence-electron chi connectivity index (χ2n) is 6.52. The van der Waals surface area contributed by atoms with E-state index in [1.165, 1.54) is 31.0 Å². The molecule has 0 radical (unpaired) electrons. The standard InChI is InChI=1S/C23H16Cl2N2O3S/c1-30-19-10-6-5-9-18(19)26-20-21(31-17-7-3-2-4-8-17)23(29)27(22(20)28)16-12-14(24)11-15(25)13-16/h2-13,26H,1H3. The number of anilines is 2. The summed E-state index contributed by atoms with van der Waals surface area (Å²) in [6.07, 6.45) is 0. The lowest BCUT2D eigenvalue weighted by Crippen LogP contribution is -2.32. The van der Waals surface area contributed by atoms with Gasteiger partial charge >= 0.3 is 0 Å². The zero-order valence-corrected chi connectivity index (χ0v) is 18.6. The molecule has 0 fully saturated rings. The number of hydrogen-bond donors (Lipinski definition) is 1. The number of nitrogens with one attached hydrogen (secondary N) is 1. The summed E-state index contributed by atoms with van der Waals surface area (Å²) in [7, 11) is 1.54. The molecule has 3 aromatic rings. The largest absolute Gasteiger partial charge is 0.495 e. The predicted octanol–water partition coefficient (Wildman–Crippen LogP) is 5.99. The number of imide groups is 1. The molecular weight excluding hydrogens is 455 g/mol. The van der Waals surface area contributed by atoms with Crippen molar-refractivity contribution in [3.8, 4) is 5.75 Å². The summed E-state index contributed by atoms with van der Waals surface area (Å²) in [5, 5.41) is 3.75. The monoisotopic (exact) mass is 470 g/mol. The molecule has 8 heteroatoms. The smallest absolute Gasteiger partial charge is 0.283 e. The van der Waals surface area contributed by atoms with E-state index in [1.807, 2.05) is 42.5 Å². The summed E-state index contributed by atoms with van der Waals surface area (Å²) < 4.78 is 5.38. The molecular formula is C23H16Cl2N2O3S. The lowest BCUT2D eigenvalue weighted by molar-refractivity contribution is -0.120. The van der Waals surface area contributed by atoms with E-state index < -0.39 is 11.8 Å². The molecule has 0 saturated carbocycles. The van der Waals surface area contributed by atoms with Crippen LogP contribution in [0.5, 0.6) is 5.75 Å². The molecule has 156 valence electrons. The Labute approximate surface area is 193 Å². The molecule has 0 saturated heterocycles. The van der Waals surface area contributed by atoms with Gasteiger partial charge in [0.15, 0.2) is 0 Å². The Kier molecular flexibility index (Phi) is 6.23. The van der Waals surface area contributed by atoms with Gasteiger partial charge in [-0.3, -0.25) is 9.59 Å². The number of para-hydroxylation sites is 2. The van der Waals surface area contributed by atoms with Crippen LogP contribution in [-0.4, -0.2) is 18.9 Å². The maximum absolute atomic E-state index is 13.4. The van der Waals surface area contributed by atoms with Crippen molar-refractivity contribution in [1.29, 1.82) is 0 Å². The molecule has 1 aliphatic heterocycles. The fourth-order valence-electron chi connectivity index (χ4n) is 3.11. The zero-order chi connectivity index (χ0) is 22.0. The second-order valence-corrected chi connectivity index (χ2v) is 8.47. The van der Waals surface area contributed by atoms with E-state index in [0.717, 1.165) is 9.80 Å². The first kappa shape index (κ1) is 21.3. The van der Waals surface area contributed by atoms with E-state index in [2.05, 4.69) is 5.32 Å². The highest BCUT2D eigenvalue weighted by Gasteiger charge is 2.40. The third kappa shape index (κ3) is 4.42. The summed E-state index contributed by atoms with van der Waals surface area (Å²) >= 11 is 13.4. The first-order chi connectivity index (χ1) is 15.0. The van der Waals surface area contributed by atoms with Crippen LogP contribution < -0.4 is 15.0 Å². The van der Waals surface area contributed by atoms with Gasteiger partial charge in [-0.05, 0) is 42.5 Å². The van der Waals surface area contributed by atoms with Gasteiger partial charge in [-0.25, -0.2) is 4.90 Å². The minimum Gasteiger partial charge on any atom is -0.495 e. The molecule has 1 N–H and O–H groups in total. The van der Waals surface area contributed by atoms with Crippen molar-refractivity contribution in [2.75, 3.05) is 17.3 Å². The molecule has 0 spiro atoms. The highest BCUT2D eigenvalue weighted by molar-refractivity contribution is 8.04. The number of halogens is 2. The Hall–Kier alpha value is -2.93. The van der Waals surface area contributed by atoms with Crippen LogP contribution in [0.3, 0.4) is 0 Å². The number of hydrogen-bond acceptors (Lipinski definition) is 5. The second kappa shape index (κ2) is 9.06. The highest BCUT2D eigenvalue weighted by Crippen LogP contribution is 2.39. The fraction of sp³-hybridized carbons (Fsp3) is 0.0435. The predicted molar refractivity (Wildman–Crippen MR) is 125 cm³/mol. The van der Waals surface area contributed by atoms with E-state index in [9.17, 15) is 9.59 Å². The Morgan fingerprint density at radius 2 is 1.52 bits per heavy atom. The number of amides is 2. The van der Waals surface area contributed by atoms with Gasteiger partial charge in [0.05, 0.1) is 18.5 Å². The SMILES string of the molecule is COc1ccccc1NC1=C(Sc2ccccc2)C(=O)N(c2cc(Cl)cc(Cl)c2)C1=O. The van der Waals surface area contributed by atoms with E-state index in [0.29, 0.717) is 27.2 Å². The molecule has 0 atom stereocenters. The van der Waals surface area contributed by atoms with Gasteiger partial charge in [-0.15, -0.1) is 0 Å². The van der Waals surface area contributed by atoms with Crippen LogP contribution >= 0.6 is 35.0 Å². The Balaban J connectivity index is 1.79. The van der Waals surface area contributed by atoms with Crippen LogP contribution in [-0.2, 0) is 9.59 Å². The minimum atomic E-state index is -0.507. The van der Waals surface area contributed by atoms with E-state index in [-0.39, 0.29) is 10.6 Å². The molecule has 5 nitrogen and oxygen atoms in total. The first-order valence-electron chi connectivity index (χ1n) is 9.20. The number of carbonyl (C=O) groups is 2. The van der Waals surface area contributed by atoms with E-state index in [1.54, 1.807) is 18.2 Å². The number of thioether (sulfide) groups is 1. The molecule has 31 heavy (non-hydrogen) atoms. The van der Waals surface area contributed by atoms with Crippen molar-refractivity contribution in [1.82, 2.24) is 0 Å². The number of methoxy groups -OCH3 is 1. The number of benzene rings is 3. The van der Waals surface area contributed by atoms with Gasteiger partial charge in [0, 0.05) is 14.9 Å². The average molecular weight is 471 g/mol. The van der Waals surface area contributed by atoms with Gasteiger partial charge in [0.1, 0.15) is 16.4 Å². The molecule has 1 aliphatic rings. The van der Waals surface area contributed by atoms with Gasteiger partial charge in [-0.1, -0.05) is 65.3 Å². The van der Waals surface area contributed by atoms with Gasteiger partial charge in [0.25, 0.3) is 11.8 Å². The van der Waals surface area contributed by atoms with E-state index >= 15 is 0 Å². The summed E-state index contributed by atoms with van der Waals surface area (Å²) in [5.41, 5.74) is 1.02. The summed E-state index contributed by atoms with van der Waals surface area (Å²) in [6, 6.07) is 21.1. The van der Waals surface area contributed by atoms with Crippen LogP contribution in [0.15, 0.2) is 88.3 Å². The number of carbonyl (C=O) groups excluding carboxylic acids is 2. The van der Waals surface area contributed by atoms with Crippen molar-refractivity contribution < 1.29 is 14.3 Å². The molecule has 0 aliphatic carbocycles. The van der Waals surface area contributed by atoms with Crippen molar-refractivity contribution in [2.45, 2.75) is 4.90 Å². The molecule has 1 heterocycles. The van der Waals surface area contributed by atoms with Crippen molar-refractivity contribution in [3.63, 3.8) is 0 Å². The van der Waals surface area contributed by atoms with Crippen molar-refractivity contribution in [3.05, 3.63) is 93.4 Å². The third-order valence-corrected chi connectivity index (χ3v) is 6.00. The summed E-state index contributed by atoms with van der Waals surface area (Å²) in [5.74, 6) is -0.425. The van der Waals surface area contributed by atoms with Gasteiger partial charge in [-0.2, -0.15) is 0 Å². The minimum absolute atomic E-state index is 0.152. The molecule has 0 aromatic heterocycles. The molecule has 0 unspecified atom stereocenters. The van der Waals surface area contributed by atoms with Crippen LogP contribution in [0.4, 0.5) is 11.4 Å². The van der Waals surface area contributed by atoms with E-state index in [4.69, 9.17) is 27.9 Å². The van der Waals surface area contributed by atoms with Crippen LogP contribution in [0.25, 0.3) is 0 Å². The lowest BCUT2D eigenvalue weighted by Gasteiger charge is -2.16. The average Bonchev–Trinajstić information content (AvgIpc) is 2.98. The first-order valence-corrected chi connectivity index (χ1v) is 10.8. The normalized spacial score (nSPS) is 13.7. The van der Waals surface area contributed by atoms with Crippen LogP contribution in [0, 0.1) is 0 Å². The number of ether oxygens (including phenoxy) is 1. The summed E-state index contributed by atoms with van der Waals surface area (Å²) in [6.45, 7) is 0.